The molecule has 2 heterocycles. The Morgan fingerprint density at radius 3 is 2.81 bits per heavy atom. The van der Waals surface area contributed by atoms with Crippen molar-refractivity contribution in [1.29, 1.82) is 0 Å². The van der Waals surface area contributed by atoms with Crippen molar-refractivity contribution in [3.05, 3.63) is 75.3 Å². The molecule has 5 rings (SSSR count). The third-order valence-electron chi connectivity index (χ3n) is 6.04. The van der Waals surface area contributed by atoms with E-state index in [9.17, 15) is 14.7 Å². The van der Waals surface area contributed by atoms with Gasteiger partial charge in [0.15, 0.2) is 0 Å². The van der Waals surface area contributed by atoms with Crippen molar-refractivity contribution >= 4 is 22.6 Å². The van der Waals surface area contributed by atoms with E-state index in [0.29, 0.717) is 29.0 Å². The molecule has 0 amide bonds. The summed E-state index contributed by atoms with van der Waals surface area (Å²) < 4.78 is 8.01. The zero-order valence-electron chi connectivity index (χ0n) is 17.0. The van der Waals surface area contributed by atoms with Crippen LogP contribution in [0.5, 0.6) is 0 Å². The first-order valence-corrected chi connectivity index (χ1v) is 10.3. The van der Waals surface area contributed by atoms with Gasteiger partial charge in [0.2, 0.25) is 5.65 Å². The first-order chi connectivity index (χ1) is 15.0. The lowest BCUT2D eigenvalue weighted by atomic mass is 10.0. The molecule has 0 saturated heterocycles. The zero-order chi connectivity index (χ0) is 21.5. The van der Waals surface area contributed by atoms with E-state index in [-0.39, 0.29) is 23.2 Å². The lowest BCUT2D eigenvalue weighted by molar-refractivity contribution is 0.0326. The number of benzene rings is 2. The van der Waals surface area contributed by atoms with Gasteiger partial charge in [0.1, 0.15) is 5.82 Å². The average Bonchev–Trinajstić information content (AvgIpc) is 3.40. The predicted octanol–water partition coefficient (Wildman–Crippen LogP) is 3.43. The Balaban J connectivity index is 1.58. The number of hydrogen-bond acceptors (Lipinski definition) is 5. The molecule has 158 valence electrons. The number of carboxylic acid groups (broad SMARTS) is 1. The fourth-order valence-electron chi connectivity index (χ4n) is 4.51. The van der Waals surface area contributed by atoms with Crippen molar-refractivity contribution in [2.75, 3.05) is 0 Å². The largest absolute Gasteiger partial charge is 0.478 e. The standard InChI is InChI=1S/C23H22N4O4/c1-13-10-18-17(11-16(13)23(29)30)24-22(28)21-26-25-20(27(18)21)15-8-5-9-19(15)31-12-14-6-3-2-4-7-14/h2-4,6-7,10-11,15,19H,5,8-9,12H2,1H3,(H,24,28)(H,29,30)/t15-,19+/m1/s1. The van der Waals surface area contributed by atoms with Crippen LogP contribution in [0, 0.1) is 6.92 Å². The fraction of sp³-hybridized carbons (Fsp3) is 0.304. The molecule has 1 aliphatic rings. The number of fused-ring (bicyclic) bond motifs is 3. The highest BCUT2D eigenvalue weighted by Gasteiger charge is 2.34. The minimum Gasteiger partial charge on any atom is -0.478 e. The van der Waals surface area contributed by atoms with Gasteiger partial charge in [0.05, 0.1) is 29.3 Å². The topological polar surface area (TPSA) is 110 Å². The summed E-state index contributed by atoms with van der Waals surface area (Å²) in [5.74, 6) is -0.346. The van der Waals surface area contributed by atoms with Crippen molar-refractivity contribution in [2.45, 2.75) is 44.8 Å². The quantitative estimate of drug-likeness (QED) is 0.514. The van der Waals surface area contributed by atoms with Crippen molar-refractivity contribution in [3.63, 3.8) is 0 Å². The normalized spacial score (nSPS) is 18.7. The summed E-state index contributed by atoms with van der Waals surface area (Å²) in [5.41, 5.74) is 2.81. The van der Waals surface area contributed by atoms with Gasteiger partial charge in [-0.3, -0.25) is 9.20 Å². The third kappa shape index (κ3) is 3.38. The van der Waals surface area contributed by atoms with E-state index >= 15 is 0 Å². The molecule has 2 aromatic carbocycles. The number of ether oxygens (including phenoxy) is 1. The molecule has 31 heavy (non-hydrogen) atoms. The lowest BCUT2D eigenvalue weighted by Gasteiger charge is -2.19. The highest BCUT2D eigenvalue weighted by molar-refractivity contribution is 5.94. The number of rotatable bonds is 5. The Morgan fingerprint density at radius 1 is 1.23 bits per heavy atom. The summed E-state index contributed by atoms with van der Waals surface area (Å²) in [6.45, 7) is 2.26. The maximum Gasteiger partial charge on any atom is 0.336 e. The van der Waals surface area contributed by atoms with Gasteiger partial charge in [-0.05, 0) is 43.0 Å². The number of nitrogens with zero attached hydrogens (tertiary/aromatic N) is 3. The lowest BCUT2D eigenvalue weighted by Crippen LogP contribution is -2.20. The first kappa shape index (κ1) is 19.4. The fourth-order valence-corrected chi connectivity index (χ4v) is 4.51. The molecule has 1 aliphatic carbocycles. The smallest absolute Gasteiger partial charge is 0.336 e. The predicted molar refractivity (Wildman–Crippen MR) is 114 cm³/mol. The zero-order valence-corrected chi connectivity index (χ0v) is 17.0. The number of aryl methyl sites for hydroxylation is 1. The van der Waals surface area contributed by atoms with Crippen LogP contribution in [0.2, 0.25) is 0 Å². The van der Waals surface area contributed by atoms with Gasteiger partial charge < -0.3 is 14.8 Å². The second-order valence-electron chi connectivity index (χ2n) is 8.03. The molecule has 2 N–H and O–H groups in total. The Bertz CT molecular complexity index is 1340. The van der Waals surface area contributed by atoms with Crippen LogP contribution in [0.4, 0.5) is 0 Å². The second-order valence-corrected chi connectivity index (χ2v) is 8.03. The van der Waals surface area contributed by atoms with E-state index in [1.807, 2.05) is 30.3 Å². The number of aromatic amines is 1. The van der Waals surface area contributed by atoms with Crippen LogP contribution in [0.1, 0.15) is 52.5 Å². The Morgan fingerprint density at radius 2 is 2.03 bits per heavy atom. The van der Waals surface area contributed by atoms with Gasteiger partial charge in [-0.2, -0.15) is 0 Å². The van der Waals surface area contributed by atoms with Crippen LogP contribution in [-0.2, 0) is 11.3 Å². The van der Waals surface area contributed by atoms with Crippen LogP contribution in [0.25, 0.3) is 16.7 Å². The SMILES string of the molecule is Cc1cc2c(cc1C(=O)O)[nH]c(=O)c1nnc([C@@H]3CCC[C@@H]3OCc3ccccc3)n12. The van der Waals surface area contributed by atoms with Gasteiger partial charge in [-0.25, -0.2) is 4.79 Å². The molecule has 1 saturated carbocycles. The molecule has 0 unspecified atom stereocenters. The monoisotopic (exact) mass is 418 g/mol. The van der Waals surface area contributed by atoms with Gasteiger partial charge in [-0.1, -0.05) is 36.8 Å². The number of nitrogens with one attached hydrogen (secondary N) is 1. The highest BCUT2D eigenvalue weighted by Crippen LogP contribution is 2.37. The summed E-state index contributed by atoms with van der Waals surface area (Å²) in [6.07, 6.45) is 2.78. The van der Waals surface area contributed by atoms with Crippen LogP contribution in [0.15, 0.2) is 47.3 Å². The third-order valence-corrected chi connectivity index (χ3v) is 6.04. The highest BCUT2D eigenvalue weighted by atomic mass is 16.5. The Kier molecular flexibility index (Phi) is 4.78. The summed E-state index contributed by atoms with van der Waals surface area (Å²) in [6, 6.07) is 13.3. The van der Waals surface area contributed by atoms with E-state index in [1.54, 1.807) is 17.4 Å². The van der Waals surface area contributed by atoms with E-state index < -0.39 is 11.5 Å². The number of carboxylic acids is 1. The molecule has 4 aromatic rings. The van der Waals surface area contributed by atoms with Gasteiger partial charge >= 0.3 is 5.97 Å². The molecular formula is C23H22N4O4. The summed E-state index contributed by atoms with van der Waals surface area (Å²) in [4.78, 5) is 26.9. The average molecular weight is 418 g/mol. The molecule has 0 radical (unpaired) electrons. The van der Waals surface area contributed by atoms with Crippen molar-refractivity contribution in [1.82, 2.24) is 19.6 Å². The number of H-pyrrole nitrogens is 1. The minimum absolute atomic E-state index is 0.00293. The Labute approximate surface area is 177 Å². The Hall–Kier alpha value is -3.52. The molecule has 0 aliphatic heterocycles. The van der Waals surface area contributed by atoms with E-state index in [0.717, 1.165) is 24.8 Å². The summed E-state index contributed by atoms with van der Waals surface area (Å²) >= 11 is 0. The first-order valence-electron chi connectivity index (χ1n) is 10.3. The summed E-state index contributed by atoms with van der Waals surface area (Å²) in [5, 5.41) is 18.0. The minimum atomic E-state index is -1.03. The van der Waals surface area contributed by atoms with Gasteiger partial charge in [0, 0.05) is 5.92 Å². The second kappa shape index (κ2) is 7.63. The maximum atomic E-state index is 12.6. The number of aromatic nitrogens is 4. The van der Waals surface area contributed by atoms with Crippen LogP contribution >= 0.6 is 0 Å². The molecule has 1 fully saturated rings. The molecular weight excluding hydrogens is 396 g/mol. The number of carbonyl (C=O) groups is 1. The van der Waals surface area contributed by atoms with E-state index in [2.05, 4.69) is 15.2 Å². The van der Waals surface area contributed by atoms with Crippen molar-refractivity contribution in [2.24, 2.45) is 0 Å². The van der Waals surface area contributed by atoms with Crippen molar-refractivity contribution < 1.29 is 14.6 Å². The molecule has 2 atom stereocenters. The van der Waals surface area contributed by atoms with Crippen LogP contribution in [-0.4, -0.2) is 36.8 Å². The maximum absolute atomic E-state index is 12.6. The summed E-state index contributed by atoms with van der Waals surface area (Å²) in [7, 11) is 0. The molecule has 8 heteroatoms. The molecule has 0 spiro atoms. The number of hydrogen-bond donors (Lipinski definition) is 2. The van der Waals surface area contributed by atoms with Crippen LogP contribution < -0.4 is 5.56 Å². The van der Waals surface area contributed by atoms with Gasteiger partial charge in [-0.15, -0.1) is 10.2 Å². The molecule has 2 aromatic heterocycles. The van der Waals surface area contributed by atoms with Crippen molar-refractivity contribution in [3.8, 4) is 0 Å². The van der Waals surface area contributed by atoms with E-state index in [4.69, 9.17) is 4.74 Å². The molecule has 0 bridgehead atoms. The van der Waals surface area contributed by atoms with Crippen LogP contribution in [0.3, 0.4) is 0 Å². The number of aromatic carboxylic acids is 1. The van der Waals surface area contributed by atoms with E-state index in [1.165, 1.54) is 6.07 Å². The van der Waals surface area contributed by atoms with Gasteiger partial charge in [0.25, 0.3) is 5.56 Å². The molecule has 8 nitrogen and oxygen atoms in total.